The number of aromatic carboxylic acids is 1. The second kappa shape index (κ2) is 10.8. The van der Waals surface area contributed by atoms with Gasteiger partial charge in [0.05, 0.1) is 12.6 Å². The minimum Gasteiger partial charge on any atom is -0.477 e. The summed E-state index contributed by atoms with van der Waals surface area (Å²) in [5.74, 6) is 0.244. The summed E-state index contributed by atoms with van der Waals surface area (Å²) < 4.78 is 27.5. The molecule has 1 saturated heterocycles. The summed E-state index contributed by atoms with van der Waals surface area (Å²) in [4.78, 5) is 29.5. The van der Waals surface area contributed by atoms with Gasteiger partial charge < -0.3 is 19.1 Å². The van der Waals surface area contributed by atoms with Gasteiger partial charge in [-0.15, -0.1) is 0 Å². The number of aryl methyl sites for hydroxylation is 1. The molecule has 0 bridgehead atoms. The van der Waals surface area contributed by atoms with Crippen LogP contribution in [0.3, 0.4) is 0 Å². The van der Waals surface area contributed by atoms with Crippen molar-refractivity contribution in [3.8, 4) is 17.3 Å². The van der Waals surface area contributed by atoms with Gasteiger partial charge >= 0.3 is 5.97 Å². The first-order valence-corrected chi connectivity index (χ1v) is 12.9. The molecule has 202 valence electrons. The Bertz CT molecular complexity index is 1700. The lowest BCUT2D eigenvalue weighted by molar-refractivity contribution is -0.0590. The number of carboxylic acid groups (broad SMARTS) is 1. The Hall–Kier alpha value is -4.70. The number of carbonyl (C=O) groups is 1. The molecule has 5 aromatic rings. The zero-order chi connectivity index (χ0) is 27.6. The Balaban J connectivity index is 1.20. The summed E-state index contributed by atoms with van der Waals surface area (Å²) in [5.41, 5.74) is 4.29. The number of fused-ring (bicyclic) bond motifs is 1. The Morgan fingerprint density at radius 2 is 1.93 bits per heavy atom. The third-order valence-corrected chi connectivity index (χ3v) is 6.86. The summed E-state index contributed by atoms with van der Waals surface area (Å²) >= 11 is 0. The van der Waals surface area contributed by atoms with Crippen LogP contribution in [0.4, 0.5) is 4.39 Å². The van der Waals surface area contributed by atoms with Crippen LogP contribution >= 0.6 is 0 Å². The number of imidazole rings is 1. The van der Waals surface area contributed by atoms with E-state index in [9.17, 15) is 14.3 Å². The van der Waals surface area contributed by atoms with E-state index in [0.29, 0.717) is 41.4 Å². The number of pyridine rings is 1. The topological polar surface area (TPSA) is 112 Å². The van der Waals surface area contributed by atoms with Crippen molar-refractivity contribution in [2.75, 3.05) is 6.61 Å². The van der Waals surface area contributed by atoms with Crippen LogP contribution in [-0.4, -0.2) is 48.3 Å². The smallest absolute Gasteiger partial charge is 0.354 e. The number of ether oxygens (including phenoxy) is 2. The Morgan fingerprint density at radius 3 is 2.65 bits per heavy atom. The van der Waals surface area contributed by atoms with Crippen LogP contribution in [0.2, 0.25) is 0 Å². The molecule has 2 aromatic carbocycles. The number of benzene rings is 2. The van der Waals surface area contributed by atoms with E-state index in [4.69, 9.17) is 14.5 Å². The van der Waals surface area contributed by atoms with Crippen molar-refractivity contribution in [3.63, 3.8) is 0 Å². The summed E-state index contributed by atoms with van der Waals surface area (Å²) in [6.07, 6.45) is 3.14. The average Bonchev–Trinajstić information content (AvgIpc) is 3.26. The maximum atomic E-state index is 14.2. The van der Waals surface area contributed by atoms with Crippen LogP contribution in [-0.2, 0) is 24.3 Å². The molecule has 3 aromatic heterocycles. The number of aromatic nitrogens is 5. The highest BCUT2D eigenvalue weighted by Gasteiger charge is 2.23. The van der Waals surface area contributed by atoms with E-state index in [1.807, 2.05) is 41.8 Å². The van der Waals surface area contributed by atoms with E-state index in [2.05, 4.69) is 15.0 Å². The van der Waals surface area contributed by atoms with Crippen molar-refractivity contribution in [2.24, 2.45) is 0 Å². The molecular formula is C30H26FN5O4. The van der Waals surface area contributed by atoms with Gasteiger partial charge in [0, 0.05) is 36.4 Å². The molecule has 1 aliphatic rings. The minimum atomic E-state index is -1.08. The maximum Gasteiger partial charge on any atom is 0.354 e. The molecule has 0 spiro atoms. The third-order valence-electron chi connectivity index (χ3n) is 6.86. The van der Waals surface area contributed by atoms with Crippen molar-refractivity contribution >= 4 is 17.1 Å². The molecule has 1 atom stereocenters. The van der Waals surface area contributed by atoms with Gasteiger partial charge in [-0.3, -0.25) is 0 Å². The highest BCUT2D eigenvalue weighted by atomic mass is 19.1. The average molecular weight is 540 g/mol. The normalized spacial score (nSPS) is 14.7. The first-order valence-electron chi connectivity index (χ1n) is 12.9. The lowest BCUT2D eigenvalue weighted by Crippen LogP contribution is -2.32. The van der Waals surface area contributed by atoms with E-state index < -0.39 is 5.97 Å². The van der Waals surface area contributed by atoms with Crippen LogP contribution in [0.5, 0.6) is 5.88 Å². The minimum absolute atomic E-state index is 0.0192. The predicted octanol–water partition coefficient (Wildman–Crippen LogP) is 4.99. The lowest BCUT2D eigenvalue weighted by Gasteiger charge is -2.27. The fourth-order valence-corrected chi connectivity index (χ4v) is 4.56. The monoisotopic (exact) mass is 539 g/mol. The third kappa shape index (κ3) is 5.39. The van der Waals surface area contributed by atoms with Crippen molar-refractivity contribution in [1.82, 2.24) is 24.5 Å². The molecule has 0 aliphatic carbocycles. The number of halogens is 1. The molecule has 9 nitrogen and oxygen atoms in total. The van der Waals surface area contributed by atoms with Gasteiger partial charge in [-0.1, -0.05) is 36.4 Å². The number of hydrogen-bond donors (Lipinski definition) is 1. The number of nitrogens with zero attached hydrogens (tertiary/aromatic N) is 5. The molecule has 0 saturated carbocycles. The zero-order valence-electron chi connectivity index (χ0n) is 21.7. The van der Waals surface area contributed by atoms with E-state index in [1.54, 1.807) is 24.4 Å². The largest absolute Gasteiger partial charge is 0.477 e. The SMILES string of the molecule is Cc1ccc(COc2ccnc(-c3ccc(Cc4nc5ccc(C(=O)O)nc5n4C[C@@H]4CCO4)cc3)n2)c(F)c1. The quantitative estimate of drug-likeness (QED) is 0.279. The maximum absolute atomic E-state index is 14.2. The van der Waals surface area contributed by atoms with E-state index in [0.717, 1.165) is 35.5 Å². The number of rotatable bonds is 9. The van der Waals surface area contributed by atoms with Crippen molar-refractivity contribution in [3.05, 3.63) is 101 Å². The second-order valence-electron chi connectivity index (χ2n) is 9.74. The molecule has 4 heterocycles. The summed E-state index contributed by atoms with van der Waals surface area (Å²) in [5, 5.41) is 9.41. The molecule has 1 fully saturated rings. The number of hydrogen-bond acceptors (Lipinski definition) is 7. The first kappa shape index (κ1) is 25.6. The summed E-state index contributed by atoms with van der Waals surface area (Å²) in [6.45, 7) is 3.19. The summed E-state index contributed by atoms with van der Waals surface area (Å²) in [7, 11) is 0. The molecular weight excluding hydrogens is 513 g/mol. The Morgan fingerprint density at radius 1 is 1.10 bits per heavy atom. The van der Waals surface area contributed by atoms with Crippen LogP contribution in [0.1, 0.15) is 39.4 Å². The Labute approximate surface area is 229 Å². The molecule has 0 radical (unpaired) electrons. The second-order valence-corrected chi connectivity index (χ2v) is 9.74. The van der Waals surface area contributed by atoms with Gasteiger partial charge in [0.2, 0.25) is 5.88 Å². The van der Waals surface area contributed by atoms with Crippen LogP contribution in [0.15, 0.2) is 66.9 Å². The zero-order valence-corrected chi connectivity index (χ0v) is 21.7. The molecule has 1 aliphatic heterocycles. The highest BCUT2D eigenvalue weighted by molar-refractivity contribution is 5.88. The van der Waals surface area contributed by atoms with Crippen LogP contribution < -0.4 is 4.74 Å². The van der Waals surface area contributed by atoms with Crippen molar-refractivity contribution in [1.29, 1.82) is 0 Å². The van der Waals surface area contributed by atoms with Gasteiger partial charge in [0.1, 0.15) is 23.8 Å². The van der Waals surface area contributed by atoms with Gasteiger partial charge in [0.15, 0.2) is 17.2 Å². The summed E-state index contributed by atoms with van der Waals surface area (Å²) in [6, 6.07) is 17.6. The molecule has 40 heavy (non-hydrogen) atoms. The molecule has 0 unspecified atom stereocenters. The lowest BCUT2D eigenvalue weighted by atomic mass is 10.1. The highest BCUT2D eigenvalue weighted by Crippen LogP contribution is 2.24. The number of carboxylic acids is 1. The van der Waals surface area contributed by atoms with Crippen LogP contribution in [0, 0.1) is 12.7 Å². The molecule has 6 rings (SSSR count). The standard InChI is InChI=1S/C30H26FN5O4/c1-18-2-5-21(23(31)14-18)17-40-27-10-12-32-28(35-27)20-6-3-19(4-7-20)15-26-33-24-8-9-25(30(37)38)34-29(24)36(26)16-22-11-13-39-22/h2-10,12,14,22H,11,13,15-17H2,1H3,(H,37,38)/t22-/m0/s1. The van der Waals surface area contributed by atoms with Gasteiger partial charge in [0.25, 0.3) is 0 Å². The first-order chi connectivity index (χ1) is 19.4. The fraction of sp³-hybridized carbons (Fsp3) is 0.233. The van der Waals surface area contributed by atoms with Gasteiger partial charge in [-0.2, -0.15) is 4.98 Å². The van der Waals surface area contributed by atoms with E-state index in [1.165, 1.54) is 12.1 Å². The van der Waals surface area contributed by atoms with Crippen molar-refractivity contribution in [2.45, 2.75) is 39.0 Å². The van der Waals surface area contributed by atoms with Crippen molar-refractivity contribution < 1.29 is 23.8 Å². The fourth-order valence-electron chi connectivity index (χ4n) is 4.56. The van der Waals surface area contributed by atoms with E-state index in [-0.39, 0.29) is 24.2 Å². The predicted molar refractivity (Wildman–Crippen MR) is 145 cm³/mol. The van der Waals surface area contributed by atoms with E-state index >= 15 is 0 Å². The molecule has 1 N–H and O–H groups in total. The molecule has 0 amide bonds. The molecule has 10 heteroatoms. The van der Waals surface area contributed by atoms with Gasteiger partial charge in [-0.05, 0) is 42.7 Å². The Kier molecular flexibility index (Phi) is 6.91. The van der Waals surface area contributed by atoms with Crippen LogP contribution in [0.25, 0.3) is 22.6 Å². The van der Waals surface area contributed by atoms with Gasteiger partial charge in [-0.25, -0.2) is 24.1 Å².